The molecule has 0 bridgehead atoms. The second-order valence-corrected chi connectivity index (χ2v) is 6.55. The Morgan fingerprint density at radius 2 is 2.00 bits per heavy atom. The maximum absolute atomic E-state index is 5.57. The maximum Gasteiger partial charge on any atom is 0.123 e. The minimum atomic E-state index is 0.366. The van der Waals surface area contributed by atoms with Crippen molar-refractivity contribution in [1.82, 2.24) is 10.2 Å². The van der Waals surface area contributed by atoms with E-state index in [0.717, 1.165) is 18.2 Å². The standard InChI is InChI=1S/C18H30N2O/c1-13(2)20(11-15-6-7-15)12-17-10-16(14(3)19-4)8-9-18(17)21-5/h8-10,13-15,19H,6-7,11-12H2,1-5H3. The molecule has 0 spiro atoms. The van der Waals surface area contributed by atoms with Crippen molar-refractivity contribution >= 4 is 0 Å². The normalized spacial score (nSPS) is 16.5. The maximum atomic E-state index is 5.57. The molecule has 0 radical (unpaired) electrons. The minimum absolute atomic E-state index is 0.366. The van der Waals surface area contributed by atoms with Crippen LogP contribution in [0.5, 0.6) is 5.75 Å². The van der Waals surface area contributed by atoms with Crippen LogP contribution in [0.3, 0.4) is 0 Å². The van der Waals surface area contributed by atoms with Crippen LogP contribution in [-0.4, -0.2) is 31.6 Å². The summed E-state index contributed by atoms with van der Waals surface area (Å²) in [6.07, 6.45) is 2.80. The van der Waals surface area contributed by atoms with E-state index in [1.165, 1.54) is 30.5 Å². The van der Waals surface area contributed by atoms with Gasteiger partial charge in [-0.2, -0.15) is 0 Å². The molecule has 118 valence electrons. The number of benzene rings is 1. The number of nitrogens with zero attached hydrogens (tertiary/aromatic N) is 1. The summed E-state index contributed by atoms with van der Waals surface area (Å²) in [6, 6.07) is 7.49. The first-order valence-electron chi connectivity index (χ1n) is 8.13. The van der Waals surface area contributed by atoms with Crippen LogP contribution in [0.4, 0.5) is 0 Å². The topological polar surface area (TPSA) is 24.5 Å². The summed E-state index contributed by atoms with van der Waals surface area (Å²) in [5, 5.41) is 3.31. The average Bonchev–Trinajstić information content (AvgIpc) is 3.29. The summed E-state index contributed by atoms with van der Waals surface area (Å²) in [5.41, 5.74) is 2.62. The number of rotatable bonds is 8. The second-order valence-electron chi connectivity index (χ2n) is 6.55. The fourth-order valence-corrected chi connectivity index (χ4v) is 2.67. The number of methoxy groups -OCH3 is 1. The van der Waals surface area contributed by atoms with Crippen LogP contribution in [0.1, 0.15) is 50.8 Å². The highest BCUT2D eigenvalue weighted by atomic mass is 16.5. The van der Waals surface area contributed by atoms with Crippen molar-refractivity contribution in [3.05, 3.63) is 29.3 Å². The van der Waals surface area contributed by atoms with Crippen molar-refractivity contribution < 1.29 is 4.74 Å². The van der Waals surface area contributed by atoms with E-state index in [2.05, 4.69) is 49.2 Å². The van der Waals surface area contributed by atoms with Crippen LogP contribution in [0.2, 0.25) is 0 Å². The Balaban J connectivity index is 2.18. The molecule has 1 fully saturated rings. The van der Waals surface area contributed by atoms with Crippen LogP contribution < -0.4 is 10.1 Å². The van der Waals surface area contributed by atoms with Crippen molar-refractivity contribution in [2.24, 2.45) is 5.92 Å². The third-order valence-corrected chi connectivity index (χ3v) is 4.53. The predicted octanol–water partition coefficient (Wildman–Crippen LogP) is 3.60. The molecule has 1 N–H and O–H groups in total. The largest absolute Gasteiger partial charge is 0.496 e. The third-order valence-electron chi connectivity index (χ3n) is 4.53. The summed E-state index contributed by atoms with van der Waals surface area (Å²) in [7, 11) is 3.77. The monoisotopic (exact) mass is 290 g/mol. The number of nitrogens with one attached hydrogen (secondary N) is 1. The number of hydrogen-bond acceptors (Lipinski definition) is 3. The molecule has 1 saturated carbocycles. The SMILES string of the molecule is CNC(C)c1ccc(OC)c(CN(CC2CC2)C(C)C)c1. The molecule has 2 rings (SSSR count). The quantitative estimate of drug-likeness (QED) is 0.792. The molecule has 1 aliphatic carbocycles. The molecule has 1 aliphatic rings. The van der Waals surface area contributed by atoms with Crippen molar-refractivity contribution in [3.63, 3.8) is 0 Å². The minimum Gasteiger partial charge on any atom is -0.496 e. The zero-order valence-electron chi connectivity index (χ0n) is 14.1. The first-order valence-corrected chi connectivity index (χ1v) is 8.13. The molecule has 1 aromatic carbocycles. The summed E-state index contributed by atoms with van der Waals surface area (Å²) >= 11 is 0. The van der Waals surface area contributed by atoms with Gasteiger partial charge in [-0.15, -0.1) is 0 Å². The molecule has 1 aromatic rings. The van der Waals surface area contributed by atoms with Crippen LogP contribution >= 0.6 is 0 Å². The fraction of sp³-hybridized carbons (Fsp3) is 0.667. The molecule has 3 heteroatoms. The Morgan fingerprint density at radius 3 is 2.52 bits per heavy atom. The zero-order chi connectivity index (χ0) is 15.4. The van der Waals surface area contributed by atoms with Gasteiger partial charge in [-0.1, -0.05) is 6.07 Å². The van der Waals surface area contributed by atoms with Crippen LogP contribution in [0.15, 0.2) is 18.2 Å². The summed E-state index contributed by atoms with van der Waals surface area (Å²) in [6.45, 7) is 8.95. The lowest BCUT2D eigenvalue weighted by atomic mass is 10.0. The van der Waals surface area contributed by atoms with Gasteiger partial charge in [0, 0.05) is 30.7 Å². The van der Waals surface area contributed by atoms with E-state index >= 15 is 0 Å². The first-order chi connectivity index (χ1) is 10.0. The Labute approximate surface area is 129 Å². The van der Waals surface area contributed by atoms with E-state index in [4.69, 9.17) is 4.74 Å². The summed E-state index contributed by atoms with van der Waals surface area (Å²) < 4.78 is 5.57. The fourth-order valence-electron chi connectivity index (χ4n) is 2.67. The molecule has 0 aliphatic heterocycles. The molecule has 1 unspecified atom stereocenters. The van der Waals surface area contributed by atoms with Crippen molar-refractivity contribution in [3.8, 4) is 5.75 Å². The highest BCUT2D eigenvalue weighted by Gasteiger charge is 2.26. The van der Waals surface area contributed by atoms with Gasteiger partial charge in [0.05, 0.1) is 7.11 Å². The summed E-state index contributed by atoms with van der Waals surface area (Å²) in [5.74, 6) is 1.92. The highest BCUT2D eigenvalue weighted by molar-refractivity contribution is 5.38. The third kappa shape index (κ3) is 4.45. The molecule has 0 amide bonds. The molecule has 3 nitrogen and oxygen atoms in total. The van der Waals surface area contributed by atoms with E-state index in [-0.39, 0.29) is 0 Å². The Morgan fingerprint density at radius 1 is 1.29 bits per heavy atom. The van der Waals surface area contributed by atoms with Crippen molar-refractivity contribution in [2.45, 2.75) is 52.2 Å². The smallest absolute Gasteiger partial charge is 0.123 e. The number of hydrogen-bond donors (Lipinski definition) is 1. The van der Waals surface area contributed by atoms with Gasteiger partial charge >= 0.3 is 0 Å². The van der Waals surface area contributed by atoms with Crippen LogP contribution in [0.25, 0.3) is 0 Å². The molecular formula is C18H30N2O. The molecular weight excluding hydrogens is 260 g/mol. The van der Waals surface area contributed by atoms with E-state index in [1.807, 2.05) is 7.05 Å². The lowest BCUT2D eigenvalue weighted by molar-refractivity contribution is 0.201. The molecule has 0 saturated heterocycles. The second kappa shape index (κ2) is 7.28. The first kappa shape index (κ1) is 16.3. The van der Waals surface area contributed by atoms with Gasteiger partial charge in [-0.05, 0) is 64.3 Å². The lowest BCUT2D eigenvalue weighted by Gasteiger charge is -2.27. The van der Waals surface area contributed by atoms with Gasteiger partial charge in [-0.25, -0.2) is 0 Å². The van der Waals surface area contributed by atoms with Crippen LogP contribution in [-0.2, 0) is 6.54 Å². The van der Waals surface area contributed by atoms with E-state index < -0.39 is 0 Å². The Hall–Kier alpha value is -1.06. The predicted molar refractivity (Wildman–Crippen MR) is 88.7 cm³/mol. The van der Waals surface area contributed by atoms with Gasteiger partial charge in [0.15, 0.2) is 0 Å². The van der Waals surface area contributed by atoms with E-state index in [0.29, 0.717) is 12.1 Å². The molecule has 1 atom stereocenters. The molecule has 21 heavy (non-hydrogen) atoms. The van der Waals surface area contributed by atoms with Gasteiger partial charge in [0.2, 0.25) is 0 Å². The van der Waals surface area contributed by atoms with Gasteiger partial charge in [0.1, 0.15) is 5.75 Å². The van der Waals surface area contributed by atoms with Crippen molar-refractivity contribution in [2.75, 3.05) is 20.7 Å². The van der Waals surface area contributed by atoms with E-state index in [9.17, 15) is 0 Å². The number of ether oxygens (including phenoxy) is 1. The van der Waals surface area contributed by atoms with Crippen molar-refractivity contribution in [1.29, 1.82) is 0 Å². The van der Waals surface area contributed by atoms with Gasteiger partial charge in [0.25, 0.3) is 0 Å². The lowest BCUT2D eigenvalue weighted by Crippen LogP contribution is -2.32. The van der Waals surface area contributed by atoms with Gasteiger partial charge in [-0.3, -0.25) is 4.90 Å². The highest BCUT2D eigenvalue weighted by Crippen LogP contribution is 2.32. The van der Waals surface area contributed by atoms with Gasteiger partial charge < -0.3 is 10.1 Å². The Bertz CT molecular complexity index is 455. The van der Waals surface area contributed by atoms with Crippen LogP contribution in [0, 0.1) is 5.92 Å². The molecule has 0 aromatic heterocycles. The zero-order valence-corrected chi connectivity index (χ0v) is 14.1. The van der Waals surface area contributed by atoms with E-state index in [1.54, 1.807) is 7.11 Å². The summed E-state index contributed by atoms with van der Waals surface area (Å²) in [4.78, 5) is 2.57. The molecule has 0 heterocycles. The average molecular weight is 290 g/mol. The Kier molecular flexibility index (Phi) is 5.65.